The maximum Gasteiger partial charge on any atom is 0.257 e. The number of amides is 1. The molecule has 22 heavy (non-hydrogen) atoms. The first kappa shape index (κ1) is 16.8. The molecule has 7 heteroatoms. The van der Waals surface area contributed by atoms with E-state index in [0.717, 1.165) is 18.4 Å². The molecule has 0 unspecified atom stereocenters. The lowest BCUT2D eigenvalue weighted by molar-refractivity contribution is -0.123. The molecule has 0 bridgehead atoms. The van der Waals surface area contributed by atoms with Gasteiger partial charge in [0.15, 0.2) is 6.61 Å². The highest BCUT2D eigenvalue weighted by molar-refractivity contribution is 7.89. The van der Waals surface area contributed by atoms with Gasteiger partial charge in [0.1, 0.15) is 5.75 Å². The van der Waals surface area contributed by atoms with Gasteiger partial charge in [0.25, 0.3) is 5.91 Å². The Kier molecular flexibility index (Phi) is 5.79. The van der Waals surface area contributed by atoms with E-state index < -0.39 is 10.0 Å². The Bertz CT molecular complexity index is 598. The lowest BCUT2D eigenvalue weighted by Gasteiger charge is -2.26. The van der Waals surface area contributed by atoms with Gasteiger partial charge in [-0.2, -0.15) is 0 Å². The molecule has 1 amide bonds. The molecule has 1 fully saturated rings. The largest absolute Gasteiger partial charge is 0.484 e. The minimum Gasteiger partial charge on any atom is -0.484 e. The Balaban J connectivity index is 1.68. The molecule has 0 aliphatic carbocycles. The Morgan fingerprint density at radius 2 is 2.00 bits per heavy atom. The summed E-state index contributed by atoms with van der Waals surface area (Å²) in [6.07, 6.45) is 1.60. The molecular weight excluding hydrogens is 304 g/mol. The maximum absolute atomic E-state index is 11.8. The highest BCUT2D eigenvalue weighted by Gasteiger charge is 2.25. The smallest absolute Gasteiger partial charge is 0.257 e. The van der Waals surface area contributed by atoms with Crippen LogP contribution in [0.3, 0.4) is 0 Å². The van der Waals surface area contributed by atoms with Gasteiger partial charge in [0.2, 0.25) is 10.0 Å². The predicted octanol–water partition coefficient (Wildman–Crippen LogP) is 0.916. The fourth-order valence-corrected chi connectivity index (χ4v) is 3.85. The molecule has 1 aliphatic heterocycles. The average Bonchev–Trinajstić information content (AvgIpc) is 2.48. The monoisotopic (exact) mass is 326 g/mol. The van der Waals surface area contributed by atoms with Crippen LogP contribution in [0.1, 0.15) is 18.4 Å². The molecule has 1 heterocycles. The number of nitrogens with one attached hydrogen (secondary N) is 1. The summed E-state index contributed by atoms with van der Waals surface area (Å²) in [5.41, 5.74) is 1.12. The van der Waals surface area contributed by atoms with Crippen molar-refractivity contribution in [2.24, 2.45) is 0 Å². The first-order chi connectivity index (χ1) is 10.5. The van der Waals surface area contributed by atoms with Crippen molar-refractivity contribution in [1.29, 1.82) is 0 Å². The fourth-order valence-electron chi connectivity index (χ4n) is 2.25. The summed E-state index contributed by atoms with van der Waals surface area (Å²) in [5, 5.41) is 2.68. The van der Waals surface area contributed by atoms with E-state index in [0.29, 0.717) is 25.4 Å². The molecule has 1 N–H and O–H groups in total. The van der Waals surface area contributed by atoms with E-state index in [9.17, 15) is 13.2 Å². The third kappa shape index (κ3) is 4.99. The third-order valence-corrected chi connectivity index (χ3v) is 5.48. The zero-order chi connectivity index (χ0) is 16.0. The standard InChI is InChI=1S/C15H22N2O4S/c1-13-4-6-14(7-5-13)21-12-15(18)16-8-10-17-9-2-3-11-22(17,19)20/h4-7H,2-3,8-12H2,1H3,(H,16,18). The number of hydrogen-bond acceptors (Lipinski definition) is 4. The number of carbonyl (C=O) groups is 1. The number of rotatable bonds is 6. The Morgan fingerprint density at radius 1 is 1.27 bits per heavy atom. The fraction of sp³-hybridized carbons (Fsp3) is 0.533. The number of benzene rings is 1. The predicted molar refractivity (Wildman–Crippen MR) is 84.3 cm³/mol. The van der Waals surface area contributed by atoms with Crippen LogP contribution in [0.25, 0.3) is 0 Å². The van der Waals surface area contributed by atoms with Gasteiger partial charge in [-0.1, -0.05) is 17.7 Å². The van der Waals surface area contributed by atoms with Crippen molar-refractivity contribution in [3.8, 4) is 5.75 Å². The number of hydrogen-bond donors (Lipinski definition) is 1. The van der Waals surface area contributed by atoms with E-state index in [1.165, 1.54) is 4.31 Å². The second kappa shape index (κ2) is 7.60. The summed E-state index contributed by atoms with van der Waals surface area (Å²) < 4.78 is 30.4. The summed E-state index contributed by atoms with van der Waals surface area (Å²) in [5.74, 6) is 0.589. The number of ether oxygens (including phenoxy) is 1. The summed E-state index contributed by atoms with van der Waals surface area (Å²) >= 11 is 0. The Labute approximate surface area is 131 Å². The molecular formula is C15H22N2O4S. The van der Waals surface area contributed by atoms with Crippen LogP contribution in [0.5, 0.6) is 5.75 Å². The zero-order valence-corrected chi connectivity index (χ0v) is 13.6. The molecule has 6 nitrogen and oxygen atoms in total. The molecule has 122 valence electrons. The van der Waals surface area contributed by atoms with E-state index in [4.69, 9.17) is 4.74 Å². The van der Waals surface area contributed by atoms with E-state index in [2.05, 4.69) is 5.32 Å². The van der Waals surface area contributed by atoms with E-state index in [1.54, 1.807) is 0 Å². The summed E-state index contributed by atoms with van der Waals surface area (Å²) in [6.45, 7) is 3.06. The number of nitrogens with zero attached hydrogens (tertiary/aromatic N) is 1. The molecule has 1 aliphatic rings. The van der Waals surface area contributed by atoms with Crippen molar-refractivity contribution in [2.45, 2.75) is 19.8 Å². The van der Waals surface area contributed by atoms with Crippen molar-refractivity contribution >= 4 is 15.9 Å². The van der Waals surface area contributed by atoms with E-state index in [-0.39, 0.29) is 18.3 Å². The SMILES string of the molecule is Cc1ccc(OCC(=O)NCCN2CCCCS2(=O)=O)cc1. The van der Waals surface area contributed by atoms with Crippen LogP contribution in [0.15, 0.2) is 24.3 Å². The maximum atomic E-state index is 11.8. The molecule has 1 saturated heterocycles. The van der Waals surface area contributed by atoms with Gasteiger partial charge in [-0.15, -0.1) is 0 Å². The second-order valence-corrected chi connectivity index (χ2v) is 7.46. The van der Waals surface area contributed by atoms with Crippen LogP contribution in [0.2, 0.25) is 0 Å². The molecule has 0 atom stereocenters. The van der Waals surface area contributed by atoms with E-state index in [1.807, 2.05) is 31.2 Å². The van der Waals surface area contributed by atoms with Gasteiger partial charge in [0, 0.05) is 19.6 Å². The number of sulfonamides is 1. The van der Waals surface area contributed by atoms with Crippen molar-refractivity contribution < 1.29 is 17.9 Å². The Morgan fingerprint density at radius 3 is 2.68 bits per heavy atom. The highest BCUT2D eigenvalue weighted by atomic mass is 32.2. The van der Waals surface area contributed by atoms with Gasteiger partial charge in [-0.05, 0) is 31.9 Å². The molecule has 1 aromatic rings. The van der Waals surface area contributed by atoms with Crippen molar-refractivity contribution in [3.05, 3.63) is 29.8 Å². The third-order valence-electron chi connectivity index (χ3n) is 3.53. The molecule has 0 aromatic heterocycles. The lowest BCUT2D eigenvalue weighted by atomic mass is 10.2. The van der Waals surface area contributed by atoms with Crippen molar-refractivity contribution in [2.75, 3.05) is 32.0 Å². The molecule has 0 spiro atoms. The first-order valence-electron chi connectivity index (χ1n) is 7.41. The van der Waals surface area contributed by atoms with Crippen molar-refractivity contribution in [3.63, 3.8) is 0 Å². The van der Waals surface area contributed by atoms with Crippen LogP contribution in [0, 0.1) is 6.92 Å². The molecule has 0 radical (unpaired) electrons. The van der Waals surface area contributed by atoms with Crippen LogP contribution in [0.4, 0.5) is 0 Å². The van der Waals surface area contributed by atoms with Gasteiger partial charge >= 0.3 is 0 Å². The summed E-state index contributed by atoms with van der Waals surface area (Å²) in [4.78, 5) is 11.7. The van der Waals surface area contributed by atoms with Crippen LogP contribution < -0.4 is 10.1 Å². The van der Waals surface area contributed by atoms with Crippen molar-refractivity contribution in [1.82, 2.24) is 9.62 Å². The van der Waals surface area contributed by atoms with Gasteiger partial charge in [0.05, 0.1) is 5.75 Å². The van der Waals surface area contributed by atoms with Crippen LogP contribution in [-0.4, -0.2) is 50.6 Å². The second-order valence-electron chi connectivity index (χ2n) is 5.37. The number of aryl methyl sites for hydroxylation is 1. The molecule has 0 saturated carbocycles. The summed E-state index contributed by atoms with van der Waals surface area (Å²) in [6, 6.07) is 7.44. The Hall–Kier alpha value is -1.60. The van der Waals surface area contributed by atoms with E-state index >= 15 is 0 Å². The van der Waals surface area contributed by atoms with Crippen LogP contribution in [-0.2, 0) is 14.8 Å². The topological polar surface area (TPSA) is 75.7 Å². The van der Waals surface area contributed by atoms with Gasteiger partial charge in [-0.3, -0.25) is 4.79 Å². The van der Waals surface area contributed by atoms with Gasteiger partial charge in [-0.25, -0.2) is 12.7 Å². The molecule has 2 rings (SSSR count). The quantitative estimate of drug-likeness (QED) is 0.843. The summed E-state index contributed by atoms with van der Waals surface area (Å²) in [7, 11) is -3.13. The lowest BCUT2D eigenvalue weighted by Crippen LogP contribution is -2.43. The average molecular weight is 326 g/mol. The minimum absolute atomic E-state index is 0.0736. The first-order valence-corrected chi connectivity index (χ1v) is 9.02. The molecule has 1 aromatic carbocycles. The van der Waals surface area contributed by atoms with Gasteiger partial charge < -0.3 is 10.1 Å². The normalized spacial score (nSPS) is 17.9. The van der Waals surface area contributed by atoms with Crippen LogP contribution >= 0.6 is 0 Å². The minimum atomic E-state index is -3.13. The highest BCUT2D eigenvalue weighted by Crippen LogP contribution is 2.12. The number of carbonyl (C=O) groups excluding carboxylic acids is 1. The zero-order valence-electron chi connectivity index (χ0n) is 12.7.